The quantitative estimate of drug-likeness (QED) is 0.915. The van der Waals surface area contributed by atoms with Crippen LogP contribution in [-0.4, -0.2) is 50.7 Å². The van der Waals surface area contributed by atoms with E-state index in [0.717, 1.165) is 36.7 Å². The molecule has 0 aliphatic carbocycles. The fourth-order valence-electron chi connectivity index (χ4n) is 2.50. The van der Waals surface area contributed by atoms with E-state index in [0.29, 0.717) is 6.42 Å². The van der Waals surface area contributed by atoms with Crippen molar-refractivity contribution in [3.8, 4) is 11.5 Å². The lowest BCUT2D eigenvalue weighted by molar-refractivity contribution is -0.133. The molecule has 1 saturated heterocycles. The van der Waals surface area contributed by atoms with Crippen LogP contribution in [0.25, 0.3) is 0 Å². The molecule has 0 radical (unpaired) electrons. The normalized spacial score (nSPS) is 17.9. The molecule has 0 spiro atoms. The van der Waals surface area contributed by atoms with E-state index < -0.39 is 0 Å². The third-order valence-electron chi connectivity index (χ3n) is 3.65. The summed E-state index contributed by atoms with van der Waals surface area (Å²) in [5.41, 5.74) is 0.864. The molecule has 1 aliphatic heterocycles. The number of hydrogen-bond donors (Lipinski definition) is 1. The smallest absolute Gasteiger partial charge is 0.227 e. The van der Waals surface area contributed by atoms with E-state index in [1.54, 1.807) is 14.2 Å². The van der Waals surface area contributed by atoms with E-state index >= 15 is 0 Å². The average molecular weight is 315 g/mol. The maximum absolute atomic E-state index is 12.4. The molecule has 5 nitrogen and oxygen atoms in total. The molecule has 1 N–H and O–H groups in total. The fraction of sp³-hybridized carbons (Fsp3) is 0.533. The lowest BCUT2D eigenvalue weighted by Crippen LogP contribution is -2.52. The lowest BCUT2D eigenvalue weighted by Gasteiger charge is -2.34. The summed E-state index contributed by atoms with van der Waals surface area (Å²) in [7, 11) is 3.23. The number of hydrogen-bond acceptors (Lipinski definition) is 4. The molecule has 0 aromatic heterocycles. The number of rotatable bonds is 4. The van der Waals surface area contributed by atoms with Crippen molar-refractivity contribution in [2.45, 2.75) is 19.4 Å². The lowest BCUT2D eigenvalue weighted by atomic mass is 10.1. The van der Waals surface area contributed by atoms with E-state index in [4.69, 9.17) is 9.47 Å². The molecule has 1 atom stereocenters. The van der Waals surface area contributed by atoms with E-state index in [1.165, 1.54) is 0 Å². The number of ether oxygens (including phenoxy) is 2. The molecule has 1 aliphatic rings. The number of carbonyl (C=O) groups excluding carboxylic acids is 1. The minimum atomic E-state index is 0. The second-order valence-corrected chi connectivity index (χ2v) is 4.99. The maximum Gasteiger partial charge on any atom is 0.227 e. The van der Waals surface area contributed by atoms with Crippen LogP contribution in [-0.2, 0) is 11.2 Å². The van der Waals surface area contributed by atoms with Gasteiger partial charge in [0, 0.05) is 31.2 Å². The number of benzene rings is 1. The van der Waals surface area contributed by atoms with Gasteiger partial charge in [-0.3, -0.25) is 4.79 Å². The Hall–Kier alpha value is -1.46. The van der Waals surface area contributed by atoms with Gasteiger partial charge in [-0.15, -0.1) is 12.4 Å². The van der Waals surface area contributed by atoms with Gasteiger partial charge in [0.2, 0.25) is 5.91 Å². The second kappa shape index (κ2) is 8.10. The standard InChI is InChI=1S/C15H22N2O3.ClH/c1-11-10-16-6-7-17(11)15(18)9-12-8-13(19-2)4-5-14(12)20-3;/h4-5,8,11,16H,6-7,9-10H2,1-3H3;1H/t11-;/m0./s1. The predicted molar refractivity (Wildman–Crippen MR) is 84.5 cm³/mol. The Bertz CT molecular complexity index is 482. The predicted octanol–water partition coefficient (Wildman–Crippen LogP) is 1.49. The SMILES string of the molecule is COc1ccc(OC)c(CC(=O)N2CCNC[C@@H]2C)c1.Cl. The largest absolute Gasteiger partial charge is 0.497 e. The van der Waals surface area contributed by atoms with Crippen LogP contribution in [0, 0.1) is 0 Å². The van der Waals surface area contributed by atoms with E-state index in [-0.39, 0.29) is 24.4 Å². The molecule has 0 saturated carbocycles. The Labute approximate surface area is 132 Å². The zero-order valence-corrected chi connectivity index (χ0v) is 13.5. The zero-order chi connectivity index (χ0) is 14.5. The molecular formula is C15H23ClN2O3. The summed E-state index contributed by atoms with van der Waals surface area (Å²) in [5.74, 6) is 1.59. The van der Waals surface area contributed by atoms with Crippen molar-refractivity contribution in [3.63, 3.8) is 0 Å². The van der Waals surface area contributed by atoms with Gasteiger partial charge < -0.3 is 19.7 Å². The monoisotopic (exact) mass is 314 g/mol. The third-order valence-corrected chi connectivity index (χ3v) is 3.65. The Kier molecular flexibility index (Phi) is 6.78. The van der Waals surface area contributed by atoms with Crippen molar-refractivity contribution < 1.29 is 14.3 Å². The van der Waals surface area contributed by atoms with E-state index in [9.17, 15) is 4.79 Å². The molecule has 1 fully saturated rings. The van der Waals surface area contributed by atoms with Gasteiger partial charge in [-0.1, -0.05) is 0 Å². The van der Waals surface area contributed by atoms with Crippen LogP contribution in [0.4, 0.5) is 0 Å². The summed E-state index contributed by atoms with van der Waals surface area (Å²) < 4.78 is 10.5. The van der Waals surface area contributed by atoms with Gasteiger partial charge in [-0.2, -0.15) is 0 Å². The van der Waals surface area contributed by atoms with Crippen molar-refractivity contribution in [2.24, 2.45) is 0 Å². The first-order valence-electron chi connectivity index (χ1n) is 6.86. The molecule has 1 aromatic carbocycles. The first kappa shape index (κ1) is 17.6. The highest BCUT2D eigenvalue weighted by molar-refractivity contribution is 5.85. The maximum atomic E-state index is 12.4. The van der Waals surface area contributed by atoms with Gasteiger partial charge in [0.05, 0.1) is 20.6 Å². The summed E-state index contributed by atoms with van der Waals surface area (Å²) >= 11 is 0. The molecule has 0 bridgehead atoms. The Morgan fingerprint density at radius 1 is 1.38 bits per heavy atom. The van der Waals surface area contributed by atoms with Crippen LogP contribution < -0.4 is 14.8 Å². The van der Waals surface area contributed by atoms with Crippen molar-refractivity contribution in [2.75, 3.05) is 33.9 Å². The van der Waals surface area contributed by atoms with E-state index in [2.05, 4.69) is 12.2 Å². The number of piperazine rings is 1. The number of halogens is 1. The first-order chi connectivity index (χ1) is 9.65. The highest BCUT2D eigenvalue weighted by Gasteiger charge is 2.23. The van der Waals surface area contributed by atoms with Crippen LogP contribution >= 0.6 is 12.4 Å². The number of nitrogens with one attached hydrogen (secondary N) is 1. The summed E-state index contributed by atoms with van der Waals surface area (Å²) in [6.07, 6.45) is 0.338. The number of methoxy groups -OCH3 is 2. The Morgan fingerprint density at radius 3 is 2.76 bits per heavy atom. The Balaban J connectivity index is 0.00000220. The zero-order valence-electron chi connectivity index (χ0n) is 12.7. The van der Waals surface area contributed by atoms with Gasteiger partial charge in [0.25, 0.3) is 0 Å². The van der Waals surface area contributed by atoms with Gasteiger partial charge in [-0.25, -0.2) is 0 Å². The fourth-order valence-corrected chi connectivity index (χ4v) is 2.50. The number of amides is 1. The molecule has 1 heterocycles. The van der Waals surface area contributed by atoms with Gasteiger partial charge in [-0.05, 0) is 25.1 Å². The molecule has 6 heteroatoms. The van der Waals surface area contributed by atoms with Gasteiger partial charge in [0.1, 0.15) is 11.5 Å². The average Bonchev–Trinajstić information content (AvgIpc) is 2.47. The van der Waals surface area contributed by atoms with Crippen molar-refractivity contribution in [1.82, 2.24) is 10.2 Å². The summed E-state index contributed by atoms with van der Waals surface area (Å²) in [4.78, 5) is 14.4. The highest BCUT2D eigenvalue weighted by Crippen LogP contribution is 2.25. The van der Waals surface area contributed by atoms with Crippen molar-refractivity contribution >= 4 is 18.3 Å². The molecule has 0 unspecified atom stereocenters. The molecular weight excluding hydrogens is 292 g/mol. The van der Waals surface area contributed by atoms with Crippen molar-refractivity contribution in [3.05, 3.63) is 23.8 Å². The van der Waals surface area contributed by atoms with Crippen LogP contribution in [0.15, 0.2) is 18.2 Å². The first-order valence-corrected chi connectivity index (χ1v) is 6.86. The van der Waals surface area contributed by atoms with E-state index in [1.807, 2.05) is 23.1 Å². The summed E-state index contributed by atoms with van der Waals surface area (Å²) in [6, 6.07) is 5.76. The molecule has 1 aromatic rings. The van der Waals surface area contributed by atoms with Crippen LogP contribution in [0.2, 0.25) is 0 Å². The second-order valence-electron chi connectivity index (χ2n) is 4.99. The highest BCUT2D eigenvalue weighted by atomic mass is 35.5. The number of nitrogens with zero attached hydrogens (tertiary/aromatic N) is 1. The minimum Gasteiger partial charge on any atom is -0.497 e. The van der Waals surface area contributed by atoms with Crippen LogP contribution in [0.5, 0.6) is 11.5 Å². The van der Waals surface area contributed by atoms with Crippen LogP contribution in [0.3, 0.4) is 0 Å². The third kappa shape index (κ3) is 4.25. The molecule has 2 rings (SSSR count). The summed E-state index contributed by atoms with van der Waals surface area (Å²) in [5, 5.41) is 3.29. The molecule has 118 valence electrons. The van der Waals surface area contributed by atoms with Crippen molar-refractivity contribution in [1.29, 1.82) is 0 Å². The summed E-state index contributed by atoms with van der Waals surface area (Å²) in [6.45, 7) is 4.52. The number of carbonyl (C=O) groups is 1. The van der Waals surface area contributed by atoms with Crippen LogP contribution in [0.1, 0.15) is 12.5 Å². The minimum absolute atomic E-state index is 0. The van der Waals surface area contributed by atoms with Gasteiger partial charge >= 0.3 is 0 Å². The topological polar surface area (TPSA) is 50.8 Å². The molecule has 1 amide bonds. The Morgan fingerprint density at radius 2 is 2.14 bits per heavy atom. The molecule has 21 heavy (non-hydrogen) atoms. The van der Waals surface area contributed by atoms with Gasteiger partial charge in [0.15, 0.2) is 0 Å².